The van der Waals surface area contributed by atoms with Gasteiger partial charge in [-0.25, -0.2) is 4.98 Å². The summed E-state index contributed by atoms with van der Waals surface area (Å²) < 4.78 is 0. The number of nitrogens with one attached hydrogen (secondary N) is 1. The second kappa shape index (κ2) is 5.15. The predicted octanol–water partition coefficient (Wildman–Crippen LogP) is 3.13. The summed E-state index contributed by atoms with van der Waals surface area (Å²) in [6.07, 6.45) is 3.30. The number of hydrogen-bond acceptors (Lipinski definition) is 4. The third-order valence-electron chi connectivity index (χ3n) is 4.02. The lowest BCUT2D eigenvalue weighted by Crippen LogP contribution is -2.34. The second-order valence-electron chi connectivity index (χ2n) is 5.94. The molecule has 4 nitrogen and oxygen atoms in total. The molecule has 1 aliphatic carbocycles. The molecule has 1 heterocycles. The molecule has 2 aromatic rings. The number of aromatic nitrogens is 1. The molecule has 0 atom stereocenters. The van der Waals surface area contributed by atoms with E-state index < -0.39 is 5.41 Å². The van der Waals surface area contributed by atoms with Crippen molar-refractivity contribution in [2.24, 2.45) is 0 Å². The van der Waals surface area contributed by atoms with Crippen LogP contribution < -0.4 is 11.1 Å². The highest BCUT2D eigenvalue weighted by molar-refractivity contribution is 7.15. The van der Waals surface area contributed by atoms with Crippen LogP contribution in [0.5, 0.6) is 0 Å². The Balaban J connectivity index is 1.78. The van der Waals surface area contributed by atoms with Crippen molar-refractivity contribution >= 4 is 28.1 Å². The van der Waals surface area contributed by atoms with Crippen LogP contribution in [0.4, 0.5) is 10.8 Å². The molecule has 0 unspecified atom stereocenters. The molecule has 1 aromatic heterocycles. The quantitative estimate of drug-likeness (QED) is 0.856. The summed E-state index contributed by atoms with van der Waals surface area (Å²) in [5.74, 6) is -0.0419. The Morgan fingerprint density at radius 2 is 2.00 bits per heavy atom. The summed E-state index contributed by atoms with van der Waals surface area (Å²) >= 11 is 1.60. The zero-order valence-corrected chi connectivity index (χ0v) is 13.1. The first kappa shape index (κ1) is 14.1. The van der Waals surface area contributed by atoms with E-state index in [0.29, 0.717) is 10.8 Å². The topological polar surface area (TPSA) is 68.0 Å². The average Bonchev–Trinajstić information content (AvgIpc) is 3.00. The first-order valence-corrected chi connectivity index (χ1v) is 7.94. The Morgan fingerprint density at radius 1 is 1.29 bits per heavy atom. The van der Waals surface area contributed by atoms with E-state index in [4.69, 9.17) is 5.73 Å². The van der Waals surface area contributed by atoms with Gasteiger partial charge in [0.2, 0.25) is 5.91 Å². The Morgan fingerprint density at radius 3 is 2.67 bits per heavy atom. The van der Waals surface area contributed by atoms with Crippen LogP contribution in [0, 0.1) is 0 Å². The number of aryl methyl sites for hydroxylation is 2. The van der Waals surface area contributed by atoms with Crippen LogP contribution in [0.15, 0.2) is 24.3 Å². The zero-order chi connectivity index (χ0) is 15.0. The van der Waals surface area contributed by atoms with E-state index in [1.165, 1.54) is 11.3 Å². The van der Waals surface area contributed by atoms with Crippen LogP contribution in [-0.4, -0.2) is 10.9 Å². The Labute approximate surface area is 128 Å². The van der Waals surface area contributed by atoms with Crippen molar-refractivity contribution in [3.63, 3.8) is 0 Å². The highest BCUT2D eigenvalue weighted by Crippen LogP contribution is 2.32. The summed E-state index contributed by atoms with van der Waals surface area (Å²) in [5.41, 5.74) is 7.88. The fraction of sp³-hybridized carbons (Fsp3) is 0.375. The first-order valence-electron chi connectivity index (χ1n) is 7.13. The number of nitrogen functional groups attached to an aromatic ring is 1. The highest BCUT2D eigenvalue weighted by atomic mass is 32.1. The van der Waals surface area contributed by atoms with Gasteiger partial charge in [-0.1, -0.05) is 12.1 Å². The average molecular weight is 301 g/mol. The van der Waals surface area contributed by atoms with Gasteiger partial charge in [0.25, 0.3) is 0 Å². The van der Waals surface area contributed by atoms with Crippen molar-refractivity contribution in [3.05, 3.63) is 40.4 Å². The number of amides is 1. The fourth-order valence-corrected chi connectivity index (χ4v) is 3.57. The molecule has 21 heavy (non-hydrogen) atoms. The molecule has 5 heteroatoms. The third-order valence-corrected chi connectivity index (χ3v) is 5.09. The molecule has 0 saturated heterocycles. The van der Waals surface area contributed by atoms with Crippen molar-refractivity contribution in [2.75, 3.05) is 11.1 Å². The number of thiazole rings is 1. The Bertz CT molecular complexity index is 652. The summed E-state index contributed by atoms with van der Waals surface area (Å²) in [6, 6.07) is 7.44. The lowest BCUT2D eigenvalue weighted by Gasteiger charge is -2.23. The van der Waals surface area contributed by atoms with Gasteiger partial charge >= 0.3 is 0 Å². The van der Waals surface area contributed by atoms with Gasteiger partial charge in [-0.15, -0.1) is 11.3 Å². The van der Waals surface area contributed by atoms with Gasteiger partial charge in [0.1, 0.15) is 0 Å². The molecule has 3 N–H and O–H groups in total. The van der Waals surface area contributed by atoms with Crippen molar-refractivity contribution in [2.45, 2.75) is 38.5 Å². The molecule has 3 rings (SSSR count). The van der Waals surface area contributed by atoms with Crippen LogP contribution in [0.2, 0.25) is 0 Å². The number of carbonyl (C=O) groups is 1. The summed E-state index contributed by atoms with van der Waals surface area (Å²) in [6.45, 7) is 3.82. The molecular formula is C16H19N3OS. The van der Waals surface area contributed by atoms with Crippen LogP contribution in [0.25, 0.3) is 0 Å². The van der Waals surface area contributed by atoms with E-state index in [0.717, 1.165) is 24.1 Å². The van der Waals surface area contributed by atoms with Gasteiger partial charge in [-0.3, -0.25) is 4.79 Å². The van der Waals surface area contributed by atoms with Crippen molar-refractivity contribution in [1.29, 1.82) is 0 Å². The normalized spacial score (nSPS) is 14.0. The molecule has 0 aliphatic heterocycles. The summed E-state index contributed by atoms with van der Waals surface area (Å²) in [7, 11) is 0. The van der Waals surface area contributed by atoms with Crippen molar-refractivity contribution in [3.8, 4) is 0 Å². The maximum atomic E-state index is 12.6. The number of carbonyl (C=O) groups excluding carboxylic acids is 1. The zero-order valence-electron chi connectivity index (χ0n) is 12.3. The number of fused-ring (bicyclic) bond motifs is 1. The molecule has 0 bridgehead atoms. The van der Waals surface area contributed by atoms with Gasteiger partial charge in [-0.05, 0) is 50.8 Å². The predicted molar refractivity (Wildman–Crippen MR) is 86.6 cm³/mol. The maximum Gasteiger partial charge on any atom is 0.236 e. The molecule has 0 fully saturated rings. The minimum absolute atomic E-state index is 0.0419. The van der Waals surface area contributed by atoms with E-state index in [1.54, 1.807) is 11.3 Å². The van der Waals surface area contributed by atoms with Crippen molar-refractivity contribution in [1.82, 2.24) is 4.98 Å². The highest BCUT2D eigenvalue weighted by Gasteiger charge is 2.31. The van der Waals surface area contributed by atoms with Crippen LogP contribution >= 0.6 is 11.3 Å². The third kappa shape index (κ3) is 2.65. The number of benzene rings is 1. The maximum absolute atomic E-state index is 12.6. The number of nitrogens with zero attached hydrogens (tertiary/aromatic N) is 1. The summed E-state index contributed by atoms with van der Waals surface area (Å²) in [5, 5.41) is 3.68. The van der Waals surface area contributed by atoms with E-state index in [1.807, 2.05) is 38.1 Å². The molecule has 110 valence electrons. The molecule has 1 aromatic carbocycles. The lowest BCUT2D eigenvalue weighted by atomic mass is 9.83. The molecule has 1 aliphatic rings. The lowest BCUT2D eigenvalue weighted by molar-refractivity contribution is -0.120. The van der Waals surface area contributed by atoms with E-state index in [-0.39, 0.29) is 5.91 Å². The number of hydrogen-bond donors (Lipinski definition) is 2. The number of nitrogens with two attached hydrogens (primary N) is 1. The van der Waals surface area contributed by atoms with E-state index >= 15 is 0 Å². The monoisotopic (exact) mass is 301 g/mol. The van der Waals surface area contributed by atoms with Crippen LogP contribution in [0.3, 0.4) is 0 Å². The van der Waals surface area contributed by atoms with Crippen molar-refractivity contribution < 1.29 is 4.79 Å². The van der Waals surface area contributed by atoms with Crippen LogP contribution in [-0.2, 0) is 23.1 Å². The number of rotatable bonds is 3. The summed E-state index contributed by atoms with van der Waals surface area (Å²) in [4.78, 5) is 18.4. The van der Waals surface area contributed by atoms with Gasteiger partial charge < -0.3 is 11.1 Å². The van der Waals surface area contributed by atoms with Gasteiger partial charge in [-0.2, -0.15) is 0 Å². The second-order valence-corrected chi connectivity index (χ2v) is 7.03. The van der Waals surface area contributed by atoms with Crippen LogP contribution in [0.1, 0.15) is 36.4 Å². The number of anilines is 2. The molecule has 0 spiro atoms. The van der Waals surface area contributed by atoms with Gasteiger partial charge in [0.05, 0.1) is 11.1 Å². The minimum Gasteiger partial charge on any atom is -0.399 e. The SMILES string of the molecule is CC(C)(C(=O)Nc1nc2c(s1)CCC2)c1ccc(N)cc1. The molecule has 0 saturated carbocycles. The van der Waals surface area contributed by atoms with E-state index in [2.05, 4.69) is 10.3 Å². The largest absolute Gasteiger partial charge is 0.399 e. The fourth-order valence-electron chi connectivity index (χ4n) is 2.53. The first-order chi connectivity index (χ1) is 9.96. The standard InChI is InChI=1S/C16H19N3OS/c1-16(2,10-6-8-11(17)9-7-10)14(20)19-15-18-12-4-3-5-13(12)21-15/h6-9H,3-5,17H2,1-2H3,(H,18,19,20). The molecular weight excluding hydrogens is 282 g/mol. The van der Waals surface area contributed by atoms with Gasteiger partial charge in [0.15, 0.2) is 5.13 Å². The Kier molecular flexibility index (Phi) is 3.45. The minimum atomic E-state index is -0.621. The molecule has 1 amide bonds. The smallest absolute Gasteiger partial charge is 0.236 e. The molecule has 0 radical (unpaired) electrons. The Hall–Kier alpha value is -1.88. The van der Waals surface area contributed by atoms with E-state index in [9.17, 15) is 4.79 Å². The van der Waals surface area contributed by atoms with Gasteiger partial charge in [0, 0.05) is 10.6 Å².